The molecule has 4 heterocycles. The maximum absolute atomic E-state index is 12.1. The van der Waals surface area contributed by atoms with E-state index in [0.717, 1.165) is 41.7 Å². The minimum Gasteiger partial charge on any atom is -0.497 e. The topological polar surface area (TPSA) is 74.7 Å². The number of aliphatic hydroxyl groups is 1. The number of halogens is 1. The van der Waals surface area contributed by atoms with Crippen molar-refractivity contribution in [3.8, 4) is 5.75 Å². The number of rotatable bonds is 7. The van der Waals surface area contributed by atoms with Gasteiger partial charge >= 0.3 is 0 Å². The van der Waals surface area contributed by atoms with Crippen LogP contribution < -0.4 is 10.1 Å². The number of carbonyl (C=O) groups is 1. The van der Waals surface area contributed by atoms with Crippen molar-refractivity contribution in [1.82, 2.24) is 15.2 Å². The van der Waals surface area contributed by atoms with Crippen molar-refractivity contribution in [1.29, 1.82) is 0 Å². The molecule has 0 spiro atoms. The second-order valence-electron chi connectivity index (χ2n) is 12.0. The summed E-state index contributed by atoms with van der Waals surface area (Å²) in [5, 5.41) is 16.0. The lowest BCUT2D eigenvalue weighted by molar-refractivity contribution is -0.0444. The first-order valence-corrected chi connectivity index (χ1v) is 14.4. The molecular weight excluding hydrogens is 522 g/mol. The highest BCUT2D eigenvalue weighted by Crippen LogP contribution is 2.42. The minimum absolute atomic E-state index is 0.0671. The summed E-state index contributed by atoms with van der Waals surface area (Å²) in [5.41, 5.74) is 2.42. The van der Waals surface area contributed by atoms with Gasteiger partial charge in [-0.05, 0) is 101 Å². The largest absolute Gasteiger partial charge is 0.497 e. The number of fused-ring (bicyclic) bond motifs is 4. The molecule has 3 fully saturated rings. The number of aliphatic hydroxyl groups excluding tert-OH is 1. The molecule has 3 aliphatic heterocycles. The van der Waals surface area contributed by atoms with Gasteiger partial charge in [0.25, 0.3) is 0 Å². The normalized spacial score (nSPS) is 23.6. The van der Waals surface area contributed by atoms with E-state index in [4.69, 9.17) is 16.3 Å². The van der Waals surface area contributed by atoms with Crippen LogP contribution in [0, 0.1) is 11.8 Å². The average Bonchev–Trinajstić information content (AvgIpc) is 2.95. The van der Waals surface area contributed by atoms with Gasteiger partial charge in [-0.15, -0.1) is 6.58 Å². The lowest BCUT2D eigenvalue weighted by Crippen LogP contribution is -2.54. The second-order valence-corrected chi connectivity index (χ2v) is 12.4. The molecule has 0 saturated carbocycles. The molecule has 2 N–H and O–H groups in total. The van der Waals surface area contributed by atoms with E-state index in [2.05, 4.69) is 27.9 Å². The van der Waals surface area contributed by atoms with Crippen LogP contribution in [0.15, 0.2) is 67.4 Å². The fourth-order valence-electron chi connectivity index (χ4n) is 6.05. The zero-order chi connectivity index (χ0) is 29.0. The maximum Gasteiger partial charge on any atom is 0.179 e. The molecule has 2 aromatic carbocycles. The number of Topliss-reactive ketones (excluding diaryl/α,β-unsaturated/α-hetero) is 1. The van der Waals surface area contributed by atoms with Gasteiger partial charge in [-0.1, -0.05) is 29.8 Å². The quantitative estimate of drug-likeness (QED) is 0.253. The van der Waals surface area contributed by atoms with Gasteiger partial charge in [0.2, 0.25) is 0 Å². The Morgan fingerprint density at radius 2 is 2.02 bits per heavy atom. The summed E-state index contributed by atoms with van der Waals surface area (Å²) in [6.45, 7) is 14.0. The van der Waals surface area contributed by atoms with Crippen molar-refractivity contribution >= 4 is 28.3 Å². The number of nitrogens with one attached hydrogen (secondary N) is 1. The molecule has 3 aromatic rings. The van der Waals surface area contributed by atoms with Crippen LogP contribution in [0.5, 0.6) is 5.75 Å². The molecule has 2 unspecified atom stereocenters. The van der Waals surface area contributed by atoms with E-state index in [9.17, 15) is 9.90 Å². The number of methoxy groups -OCH3 is 1. The summed E-state index contributed by atoms with van der Waals surface area (Å²) < 4.78 is 5.35. The van der Waals surface area contributed by atoms with Crippen molar-refractivity contribution in [2.75, 3.05) is 20.2 Å². The number of nitrogens with zero attached hydrogens (tertiary/aromatic N) is 2. The molecule has 3 saturated heterocycles. The van der Waals surface area contributed by atoms with Crippen molar-refractivity contribution in [3.05, 3.63) is 83.5 Å². The maximum atomic E-state index is 12.1. The number of benzene rings is 2. The Morgan fingerprint density at radius 3 is 2.65 bits per heavy atom. The lowest BCUT2D eigenvalue weighted by Gasteiger charge is -2.50. The summed E-state index contributed by atoms with van der Waals surface area (Å²) in [4.78, 5) is 18.9. The monoisotopic (exact) mass is 563 g/mol. The Hall–Kier alpha value is -2.77. The van der Waals surface area contributed by atoms with Gasteiger partial charge in [-0.25, -0.2) is 0 Å². The van der Waals surface area contributed by atoms with Crippen LogP contribution in [0.4, 0.5) is 0 Å². The molecule has 0 aliphatic carbocycles. The highest BCUT2D eigenvalue weighted by atomic mass is 35.5. The Bertz CT molecular complexity index is 1340. The summed E-state index contributed by atoms with van der Waals surface area (Å²) in [5.74, 6) is 2.07. The van der Waals surface area contributed by atoms with Crippen LogP contribution in [-0.2, 0) is 0 Å². The smallest absolute Gasteiger partial charge is 0.179 e. The van der Waals surface area contributed by atoms with Crippen LogP contribution in [-0.4, -0.2) is 58.6 Å². The first kappa shape index (κ1) is 30.2. The van der Waals surface area contributed by atoms with Gasteiger partial charge in [-0.3, -0.25) is 14.7 Å². The number of piperidine rings is 3. The van der Waals surface area contributed by atoms with Crippen molar-refractivity contribution in [3.63, 3.8) is 0 Å². The highest BCUT2D eigenvalue weighted by Gasteiger charge is 2.42. The molecule has 0 amide bonds. The third kappa shape index (κ3) is 7.10. The van der Waals surface area contributed by atoms with Gasteiger partial charge in [0.05, 0.1) is 24.8 Å². The number of carbonyl (C=O) groups excluding carboxylic acids is 1. The summed E-state index contributed by atoms with van der Waals surface area (Å²) in [6.07, 6.45) is 5.62. The first-order chi connectivity index (χ1) is 19.0. The molecule has 214 valence electrons. The Balaban J connectivity index is 0.000000202. The van der Waals surface area contributed by atoms with Crippen molar-refractivity contribution < 1.29 is 14.6 Å². The minimum atomic E-state index is -0.504. The van der Waals surface area contributed by atoms with E-state index in [1.54, 1.807) is 37.6 Å². The van der Waals surface area contributed by atoms with Gasteiger partial charge in [0, 0.05) is 40.3 Å². The Morgan fingerprint density at radius 1 is 1.25 bits per heavy atom. The lowest BCUT2D eigenvalue weighted by atomic mass is 9.73. The zero-order valence-electron chi connectivity index (χ0n) is 24.2. The molecule has 1 aromatic heterocycles. The fourth-order valence-corrected chi connectivity index (χ4v) is 6.24. The Kier molecular flexibility index (Phi) is 9.68. The molecule has 6 rings (SSSR count). The van der Waals surface area contributed by atoms with Gasteiger partial charge in [-0.2, -0.15) is 0 Å². The van der Waals surface area contributed by atoms with E-state index in [1.807, 2.05) is 52.0 Å². The Labute approximate surface area is 243 Å². The average molecular weight is 564 g/mol. The van der Waals surface area contributed by atoms with E-state index in [-0.39, 0.29) is 23.4 Å². The van der Waals surface area contributed by atoms with E-state index in [0.29, 0.717) is 22.4 Å². The number of ether oxygens (including phenoxy) is 1. The van der Waals surface area contributed by atoms with Crippen molar-refractivity contribution in [2.24, 2.45) is 11.8 Å². The second kappa shape index (κ2) is 12.8. The first-order valence-electron chi connectivity index (χ1n) is 14.1. The molecule has 40 heavy (non-hydrogen) atoms. The van der Waals surface area contributed by atoms with E-state index in [1.165, 1.54) is 6.42 Å². The third-order valence-electron chi connectivity index (χ3n) is 7.97. The van der Waals surface area contributed by atoms with E-state index >= 15 is 0 Å². The van der Waals surface area contributed by atoms with Crippen LogP contribution in [0.2, 0.25) is 5.02 Å². The number of hydrogen-bond acceptors (Lipinski definition) is 6. The summed E-state index contributed by atoms with van der Waals surface area (Å²) in [7, 11) is 1.66. The standard InChI is InChI=1S/C20H24N2O2.C13H18ClNO/c1-3-13-12-22-9-7-14(13)10-19(22)20(23)16-6-8-21-18-5-4-15(24-2)11-17(16)18;1-9(15-13(2,3)4)12(16)10-6-5-7-11(14)8-10/h3-6,8,11,13-14,19-20,23H,1,7,9-10,12H2,2H3;5-9,15H,1-4H3/t13-,14-,19+,20-;/m0./s1. The summed E-state index contributed by atoms with van der Waals surface area (Å²) >= 11 is 5.85. The fraction of sp³-hybridized carbons (Fsp3) is 0.455. The number of pyridine rings is 1. The molecule has 7 heteroatoms. The van der Waals surface area contributed by atoms with Crippen LogP contribution in [0.1, 0.15) is 62.6 Å². The van der Waals surface area contributed by atoms with Gasteiger partial charge in [0.15, 0.2) is 5.78 Å². The molecule has 6 nitrogen and oxygen atoms in total. The highest BCUT2D eigenvalue weighted by molar-refractivity contribution is 6.31. The van der Waals surface area contributed by atoms with Crippen LogP contribution in [0.25, 0.3) is 10.9 Å². The molecular formula is C33H42ClN3O3. The van der Waals surface area contributed by atoms with Gasteiger partial charge < -0.3 is 15.2 Å². The molecule has 2 bridgehead atoms. The molecule has 6 atom stereocenters. The van der Waals surface area contributed by atoms with Crippen molar-refractivity contribution in [2.45, 2.75) is 64.3 Å². The van der Waals surface area contributed by atoms with Crippen LogP contribution >= 0.6 is 11.6 Å². The van der Waals surface area contributed by atoms with Crippen LogP contribution in [0.3, 0.4) is 0 Å². The van der Waals surface area contributed by atoms with Gasteiger partial charge in [0.1, 0.15) is 5.75 Å². The predicted octanol–water partition coefficient (Wildman–Crippen LogP) is 6.47. The third-order valence-corrected chi connectivity index (χ3v) is 8.21. The molecule has 0 radical (unpaired) electrons. The number of ketones is 1. The number of aromatic nitrogens is 1. The molecule has 3 aliphatic rings. The zero-order valence-corrected chi connectivity index (χ0v) is 25.0. The van der Waals surface area contributed by atoms with E-state index < -0.39 is 6.10 Å². The SMILES string of the molecule is C=C[C@H]1CN2CC[C@H]1C[C@@H]2[C@@H](O)c1ccnc2ccc(OC)cc12.CC(NC(C)(C)C)C(=O)c1cccc(Cl)c1. The predicted molar refractivity (Wildman–Crippen MR) is 163 cm³/mol. The summed E-state index contributed by atoms with van der Waals surface area (Å²) in [6, 6.07) is 14.8. The number of hydrogen-bond donors (Lipinski definition) is 2.